The van der Waals surface area contributed by atoms with E-state index in [1.54, 1.807) is 23.8 Å². The summed E-state index contributed by atoms with van der Waals surface area (Å²) in [7, 11) is -3.67. The summed E-state index contributed by atoms with van der Waals surface area (Å²) in [6.07, 6.45) is 0. The summed E-state index contributed by atoms with van der Waals surface area (Å²) in [4.78, 5) is 35.4. The number of hydrogen-bond donors (Lipinski definition) is 3. The molecule has 12 heteroatoms. The summed E-state index contributed by atoms with van der Waals surface area (Å²) in [5.74, 6) is -1.14. The highest BCUT2D eigenvalue weighted by Crippen LogP contribution is 2.20. The summed E-state index contributed by atoms with van der Waals surface area (Å²) < 4.78 is 28.3. The fourth-order valence-corrected chi connectivity index (χ4v) is 5.08. The molecular weight excluding hydrogens is 436 g/mol. The Kier molecular flexibility index (Phi) is 6.15. The van der Waals surface area contributed by atoms with Crippen molar-refractivity contribution in [3.8, 4) is 0 Å². The second kappa shape index (κ2) is 8.59. The molecule has 0 aliphatic carbocycles. The van der Waals surface area contributed by atoms with Gasteiger partial charge in [0.2, 0.25) is 0 Å². The van der Waals surface area contributed by atoms with Crippen LogP contribution < -0.4 is 20.4 Å². The van der Waals surface area contributed by atoms with E-state index in [9.17, 15) is 22.8 Å². The van der Waals surface area contributed by atoms with E-state index >= 15 is 0 Å². The van der Waals surface area contributed by atoms with Crippen LogP contribution in [0.15, 0.2) is 56.2 Å². The molecule has 0 unspecified atom stereocenters. The van der Waals surface area contributed by atoms with Crippen LogP contribution in [-0.2, 0) is 21.4 Å². The number of anilines is 1. The van der Waals surface area contributed by atoms with Gasteiger partial charge < -0.3 is 0 Å². The van der Waals surface area contributed by atoms with Gasteiger partial charge in [-0.05, 0) is 42.6 Å². The quantitative estimate of drug-likeness (QED) is 0.489. The Morgan fingerprint density at radius 2 is 1.79 bits per heavy atom. The number of rotatable bonds is 6. The van der Waals surface area contributed by atoms with Crippen molar-refractivity contribution in [1.82, 2.24) is 15.4 Å². The molecule has 0 fully saturated rings. The van der Waals surface area contributed by atoms with Crippen LogP contribution in [0.1, 0.15) is 16.1 Å². The first-order valence-electron chi connectivity index (χ1n) is 8.17. The lowest BCUT2D eigenvalue weighted by Gasteiger charge is -2.10. The van der Waals surface area contributed by atoms with Gasteiger partial charge in [0.15, 0.2) is 0 Å². The minimum Gasteiger partial charge on any atom is -0.294 e. The zero-order chi connectivity index (χ0) is 21.0. The van der Waals surface area contributed by atoms with E-state index in [1.807, 2.05) is 0 Å². The van der Waals surface area contributed by atoms with Crippen LogP contribution in [0.5, 0.6) is 0 Å². The molecule has 2 aromatic heterocycles. The molecule has 0 aliphatic rings. The first kappa shape index (κ1) is 20.8. The van der Waals surface area contributed by atoms with E-state index in [4.69, 9.17) is 0 Å². The van der Waals surface area contributed by atoms with E-state index in [-0.39, 0.29) is 21.2 Å². The molecule has 0 spiro atoms. The average Bonchev–Trinajstić information content (AvgIpc) is 3.33. The maximum Gasteiger partial charge on any atom is 0.307 e. The third-order valence-electron chi connectivity index (χ3n) is 3.75. The molecule has 0 bridgehead atoms. The second-order valence-corrected chi connectivity index (χ2v) is 9.52. The molecule has 0 aliphatic heterocycles. The van der Waals surface area contributed by atoms with Gasteiger partial charge in [0.1, 0.15) is 10.8 Å². The summed E-state index contributed by atoms with van der Waals surface area (Å²) in [5.41, 5.74) is 5.66. The molecule has 2 amide bonds. The number of hydrazine groups is 1. The average molecular weight is 453 g/mol. The van der Waals surface area contributed by atoms with Crippen molar-refractivity contribution in [2.45, 2.75) is 17.7 Å². The van der Waals surface area contributed by atoms with Crippen LogP contribution >= 0.6 is 22.7 Å². The number of sulfonamides is 1. The van der Waals surface area contributed by atoms with Gasteiger partial charge in [-0.15, -0.1) is 11.3 Å². The highest BCUT2D eigenvalue weighted by Gasteiger charge is 2.15. The number of carbonyl (C=O) groups is 2. The summed E-state index contributed by atoms with van der Waals surface area (Å²) in [6.45, 7) is 1.50. The van der Waals surface area contributed by atoms with E-state index < -0.39 is 21.8 Å². The number of thiazole rings is 1. The minimum absolute atomic E-state index is 0.182. The van der Waals surface area contributed by atoms with E-state index in [1.165, 1.54) is 34.9 Å². The van der Waals surface area contributed by atoms with E-state index in [0.717, 1.165) is 22.7 Å². The lowest BCUT2D eigenvalue weighted by Crippen LogP contribution is -2.44. The van der Waals surface area contributed by atoms with Gasteiger partial charge in [-0.2, -0.15) is 0 Å². The van der Waals surface area contributed by atoms with Gasteiger partial charge in [0.25, 0.3) is 21.8 Å². The van der Waals surface area contributed by atoms with Crippen LogP contribution in [0.25, 0.3) is 0 Å². The third kappa shape index (κ3) is 5.10. The van der Waals surface area contributed by atoms with Crippen LogP contribution in [0.4, 0.5) is 5.69 Å². The van der Waals surface area contributed by atoms with Crippen LogP contribution in [-0.4, -0.2) is 24.8 Å². The summed E-state index contributed by atoms with van der Waals surface area (Å²) >= 11 is 2.08. The van der Waals surface area contributed by atoms with Gasteiger partial charge in [-0.1, -0.05) is 17.4 Å². The smallest absolute Gasteiger partial charge is 0.294 e. The van der Waals surface area contributed by atoms with Crippen LogP contribution in [0.2, 0.25) is 0 Å². The van der Waals surface area contributed by atoms with Gasteiger partial charge in [0.05, 0.1) is 0 Å². The number of hydrogen-bond acceptors (Lipinski definition) is 7. The predicted octanol–water partition coefficient (Wildman–Crippen LogP) is 1.54. The number of thiophene rings is 1. The molecule has 3 aromatic rings. The number of nitrogens with one attached hydrogen (secondary N) is 3. The Morgan fingerprint density at radius 1 is 1.07 bits per heavy atom. The largest absolute Gasteiger partial charge is 0.307 e. The normalized spacial score (nSPS) is 11.1. The molecule has 2 heterocycles. The van der Waals surface area contributed by atoms with Crippen molar-refractivity contribution in [1.29, 1.82) is 0 Å². The van der Waals surface area contributed by atoms with E-state index in [0.29, 0.717) is 11.4 Å². The summed E-state index contributed by atoms with van der Waals surface area (Å²) in [5, 5.41) is 3.30. The molecule has 0 saturated carbocycles. The zero-order valence-electron chi connectivity index (χ0n) is 15.0. The highest BCUT2D eigenvalue weighted by molar-refractivity contribution is 7.94. The highest BCUT2D eigenvalue weighted by atomic mass is 32.2. The molecule has 0 atom stereocenters. The fourth-order valence-electron chi connectivity index (χ4n) is 2.29. The Hall–Kier alpha value is -2.96. The first-order valence-corrected chi connectivity index (χ1v) is 11.4. The number of amides is 2. The standard InChI is InChI=1S/C17H16N4O5S3/c1-11-10-28-17(24)21(11)9-14(22)18-19-16(23)12-4-6-13(7-5-12)20-29(25,26)15-3-2-8-27-15/h2-8,10,20H,9H2,1H3,(H,18,22)(H,19,23). The predicted molar refractivity (Wildman–Crippen MR) is 110 cm³/mol. The second-order valence-electron chi connectivity index (χ2n) is 5.85. The van der Waals surface area contributed by atoms with Crippen molar-refractivity contribution in [2.24, 2.45) is 0 Å². The number of aryl methyl sites for hydroxylation is 1. The molecule has 152 valence electrons. The maximum atomic E-state index is 12.2. The zero-order valence-corrected chi connectivity index (χ0v) is 17.5. The summed E-state index contributed by atoms with van der Waals surface area (Å²) in [6, 6.07) is 8.84. The minimum atomic E-state index is -3.67. The Balaban J connectivity index is 1.56. The molecule has 3 rings (SSSR count). The van der Waals surface area contributed by atoms with Gasteiger partial charge in [-0.3, -0.25) is 34.5 Å². The Morgan fingerprint density at radius 3 is 2.38 bits per heavy atom. The van der Waals surface area contributed by atoms with E-state index in [2.05, 4.69) is 15.6 Å². The van der Waals surface area contributed by atoms with Crippen molar-refractivity contribution < 1.29 is 18.0 Å². The molecule has 0 radical (unpaired) electrons. The molecular formula is C17H16N4O5S3. The van der Waals surface area contributed by atoms with Crippen molar-refractivity contribution >= 4 is 50.2 Å². The van der Waals surface area contributed by atoms with Gasteiger partial charge >= 0.3 is 4.87 Å². The Labute approximate surface area is 174 Å². The lowest BCUT2D eigenvalue weighted by molar-refractivity contribution is -0.122. The first-order chi connectivity index (χ1) is 13.8. The monoisotopic (exact) mass is 452 g/mol. The van der Waals surface area contributed by atoms with Gasteiger partial charge in [0, 0.05) is 22.3 Å². The Bertz CT molecular complexity index is 1180. The van der Waals surface area contributed by atoms with Crippen molar-refractivity contribution in [3.05, 3.63) is 68.1 Å². The maximum absolute atomic E-state index is 12.2. The lowest BCUT2D eigenvalue weighted by atomic mass is 10.2. The van der Waals surface area contributed by atoms with Gasteiger partial charge in [-0.25, -0.2) is 8.42 Å². The number of aromatic nitrogens is 1. The van der Waals surface area contributed by atoms with Crippen molar-refractivity contribution in [3.63, 3.8) is 0 Å². The third-order valence-corrected chi connectivity index (χ3v) is 7.41. The molecule has 3 N–H and O–H groups in total. The topological polar surface area (TPSA) is 126 Å². The SMILES string of the molecule is Cc1csc(=O)n1CC(=O)NNC(=O)c1ccc(NS(=O)(=O)c2cccs2)cc1. The van der Waals surface area contributed by atoms with Crippen LogP contribution in [0.3, 0.4) is 0 Å². The molecule has 9 nitrogen and oxygen atoms in total. The number of benzene rings is 1. The molecule has 29 heavy (non-hydrogen) atoms. The fraction of sp³-hybridized carbons (Fsp3) is 0.118. The molecule has 0 saturated heterocycles. The number of nitrogens with zero attached hydrogens (tertiary/aromatic N) is 1. The number of carbonyl (C=O) groups excluding carboxylic acids is 2. The van der Waals surface area contributed by atoms with Crippen LogP contribution in [0, 0.1) is 6.92 Å². The molecule has 1 aromatic carbocycles. The van der Waals surface area contributed by atoms with Crippen molar-refractivity contribution in [2.75, 3.05) is 4.72 Å².